The molecule has 1 saturated heterocycles. The van der Waals surface area contributed by atoms with Gasteiger partial charge in [-0.25, -0.2) is 0 Å². The fourth-order valence-corrected chi connectivity index (χ4v) is 2.28. The molecule has 1 aliphatic carbocycles. The van der Waals surface area contributed by atoms with Crippen LogP contribution < -0.4 is 5.73 Å². The molecule has 2 N–H and O–H groups in total. The van der Waals surface area contributed by atoms with Crippen molar-refractivity contribution in [1.82, 2.24) is 5.06 Å². The van der Waals surface area contributed by atoms with E-state index in [1.807, 2.05) is 0 Å². The Hall–Kier alpha value is -1.60. The van der Waals surface area contributed by atoms with Crippen LogP contribution >= 0.6 is 0 Å². The van der Waals surface area contributed by atoms with Crippen LogP contribution in [0.3, 0.4) is 0 Å². The molecule has 7 nitrogen and oxygen atoms in total. The second kappa shape index (κ2) is 5.58. The van der Waals surface area contributed by atoms with Crippen molar-refractivity contribution in [1.29, 1.82) is 0 Å². The quantitative estimate of drug-likeness (QED) is 0.537. The minimum Gasteiger partial charge on any atom is -0.330 e. The van der Waals surface area contributed by atoms with Crippen LogP contribution in [0.15, 0.2) is 0 Å². The minimum absolute atomic E-state index is 0.0472. The number of hydrogen-bond acceptors (Lipinski definition) is 6. The molecule has 1 saturated carbocycles. The fourth-order valence-electron chi connectivity index (χ4n) is 2.28. The Morgan fingerprint density at radius 3 is 2.32 bits per heavy atom. The summed E-state index contributed by atoms with van der Waals surface area (Å²) < 4.78 is 0. The first kappa shape index (κ1) is 13.8. The Bertz CT molecular complexity index is 418. The van der Waals surface area contributed by atoms with Gasteiger partial charge in [0.1, 0.15) is 11.9 Å². The Labute approximate surface area is 110 Å². The van der Waals surface area contributed by atoms with Gasteiger partial charge in [-0.3, -0.25) is 24.0 Å². The molecular formula is C12H16N2O5. The van der Waals surface area contributed by atoms with Crippen LogP contribution in [-0.2, 0) is 24.0 Å². The van der Waals surface area contributed by atoms with Gasteiger partial charge >= 0.3 is 0 Å². The summed E-state index contributed by atoms with van der Waals surface area (Å²) in [5.41, 5.74) is 5.47. The standard InChI is InChI=1S/C12H16N2O5/c13-6-7-5-8(15)1-2-9(12(7)18)19-14-10(16)3-4-11(14)17/h7,9H,1-6,13H2. The predicted octanol–water partition coefficient (Wildman–Crippen LogP) is -0.667. The molecule has 19 heavy (non-hydrogen) atoms. The lowest BCUT2D eigenvalue weighted by Gasteiger charge is -2.21. The van der Waals surface area contributed by atoms with E-state index in [9.17, 15) is 19.2 Å². The van der Waals surface area contributed by atoms with Crippen molar-refractivity contribution in [2.24, 2.45) is 11.7 Å². The Kier molecular flexibility index (Phi) is 4.06. The van der Waals surface area contributed by atoms with Gasteiger partial charge in [-0.15, -0.1) is 0 Å². The Balaban J connectivity index is 2.09. The normalized spacial score (nSPS) is 29.0. The lowest BCUT2D eigenvalue weighted by atomic mass is 9.98. The van der Waals surface area contributed by atoms with Gasteiger partial charge in [-0.2, -0.15) is 5.06 Å². The number of rotatable bonds is 3. The molecule has 7 heteroatoms. The summed E-state index contributed by atoms with van der Waals surface area (Å²) in [5.74, 6) is -1.84. The first-order valence-electron chi connectivity index (χ1n) is 6.31. The van der Waals surface area contributed by atoms with E-state index in [1.165, 1.54) is 0 Å². The summed E-state index contributed by atoms with van der Waals surface area (Å²) in [7, 11) is 0. The molecule has 0 bridgehead atoms. The summed E-state index contributed by atoms with van der Waals surface area (Å²) >= 11 is 0. The van der Waals surface area contributed by atoms with Crippen molar-refractivity contribution in [3.63, 3.8) is 0 Å². The summed E-state index contributed by atoms with van der Waals surface area (Å²) in [4.78, 5) is 51.7. The highest BCUT2D eigenvalue weighted by Gasteiger charge is 2.38. The van der Waals surface area contributed by atoms with E-state index in [1.54, 1.807) is 0 Å². The van der Waals surface area contributed by atoms with Gasteiger partial charge in [0.05, 0.1) is 0 Å². The maximum absolute atomic E-state index is 12.1. The second-order valence-corrected chi connectivity index (χ2v) is 4.79. The molecule has 1 aliphatic heterocycles. The third-order valence-corrected chi connectivity index (χ3v) is 3.40. The molecule has 0 aromatic heterocycles. The largest absolute Gasteiger partial charge is 0.330 e. The predicted molar refractivity (Wildman–Crippen MR) is 62.4 cm³/mol. The van der Waals surface area contributed by atoms with E-state index in [4.69, 9.17) is 10.6 Å². The SMILES string of the molecule is NCC1CC(=O)CCC(ON2C(=O)CCC2=O)C1=O. The second-order valence-electron chi connectivity index (χ2n) is 4.79. The van der Waals surface area contributed by atoms with E-state index in [0.717, 1.165) is 0 Å². The molecule has 104 valence electrons. The number of nitrogens with two attached hydrogens (primary N) is 1. The molecule has 1 heterocycles. The van der Waals surface area contributed by atoms with Gasteiger partial charge < -0.3 is 5.73 Å². The first-order chi connectivity index (χ1) is 9.02. The molecule has 0 aromatic rings. The van der Waals surface area contributed by atoms with Crippen molar-refractivity contribution in [2.75, 3.05) is 6.54 Å². The van der Waals surface area contributed by atoms with Crippen LogP contribution in [0.4, 0.5) is 0 Å². The van der Waals surface area contributed by atoms with Gasteiger partial charge in [0.25, 0.3) is 11.8 Å². The maximum Gasteiger partial charge on any atom is 0.254 e. The zero-order chi connectivity index (χ0) is 14.0. The van der Waals surface area contributed by atoms with E-state index in [2.05, 4.69) is 0 Å². The molecule has 2 aliphatic rings. The molecule has 2 atom stereocenters. The number of hydrogen-bond donors (Lipinski definition) is 1. The number of Topliss-reactive ketones (excluding diaryl/α,β-unsaturated/α-hetero) is 2. The smallest absolute Gasteiger partial charge is 0.254 e. The van der Waals surface area contributed by atoms with Gasteiger partial charge in [-0.05, 0) is 6.42 Å². The highest BCUT2D eigenvalue weighted by molar-refractivity contribution is 6.01. The third-order valence-electron chi connectivity index (χ3n) is 3.40. The van der Waals surface area contributed by atoms with E-state index < -0.39 is 23.8 Å². The monoisotopic (exact) mass is 268 g/mol. The summed E-state index contributed by atoms with van der Waals surface area (Å²) in [6.07, 6.45) is -0.255. The lowest BCUT2D eigenvalue weighted by molar-refractivity contribution is -0.203. The Morgan fingerprint density at radius 2 is 1.74 bits per heavy atom. The van der Waals surface area contributed by atoms with Crippen molar-refractivity contribution in [3.05, 3.63) is 0 Å². The van der Waals surface area contributed by atoms with Crippen LogP contribution in [0.1, 0.15) is 32.1 Å². The van der Waals surface area contributed by atoms with Gasteiger partial charge in [0.2, 0.25) is 0 Å². The number of carbonyl (C=O) groups excluding carboxylic acids is 4. The molecule has 0 aromatic carbocycles. The summed E-state index contributed by atoms with van der Waals surface area (Å²) in [5, 5.41) is 0.659. The number of hydroxylamine groups is 2. The van der Waals surface area contributed by atoms with Crippen molar-refractivity contribution >= 4 is 23.4 Å². The van der Waals surface area contributed by atoms with Gasteiger partial charge in [0.15, 0.2) is 5.78 Å². The number of amides is 2. The maximum atomic E-state index is 12.1. The number of nitrogens with zero attached hydrogens (tertiary/aromatic N) is 1. The third kappa shape index (κ3) is 2.87. The van der Waals surface area contributed by atoms with Crippen LogP contribution in [0, 0.1) is 5.92 Å². The average molecular weight is 268 g/mol. The molecule has 2 rings (SSSR count). The fraction of sp³-hybridized carbons (Fsp3) is 0.667. The van der Waals surface area contributed by atoms with Crippen LogP contribution in [-0.4, -0.2) is 41.1 Å². The van der Waals surface area contributed by atoms with Crippen molar-refractivity contribution < 1.29 is 24.0 Å². The number of ketones is 2. The summed E-state index contributed by atoms with van der Waals surface area (Å²) in [6, 6.07) is 0. The zero-order valence-electron chi connectivity index (χ0n) is 10.5. The topological polar surface area (TPSA) is 107 Å². The highest BCUT2D eigenvalue weighted by Crippen LogP contribution is 2.23. The first-order valence-corrected chi connectivity index (χ1v) is 6.31. The summed E-state index contributed by atoms with van der Waals surface area (Å²) in [6.45, 7) is 0.0618. The average Bonchev–Trinajstić information content (AvgIpc) is 2.62. The molecular weight excluding hydrogens is 252 g/mol. The van der Waals surface area contributed by atoms with Crippen molar-refractivity contribution in [3.8, 4) is 0 Å². The van der Waals surface area contributed by atoms with Gasteiger partial charge in [-0.1, -0.05) is 0 Å². The van der Waals surface area contributed by atoms with Crippen LogP contribution in [0.2, 0.25) is 0 Å². The van der Waals surface area contributed by atoms with Crippen LogP contribution in [0.25, 0.3) is 0 Å². The minimum atomic E-state index is -0.939. The van der Waals surface area contributed by atoms with E-state index >= 15 is 0 Å². The van der Waals surface area contributed by atoms with E-state index in [-0.39, 0.29) is 50.2 Å². The highest BCUT2D eigenvalue weighted by atomic mass is 16.7. The van der Waals surface area contributed by atoms with Gasteiger partial charge in [0, 0.05) is 38.1 Å². The number of carbonyl (C=O) groups is 4. The molecule has 2 unspecified atom stereocenters. The molecule has 0 spiro atoms. The van der Waals surface area contributed by atoms with Crippen LogP contribution in [0.5, 0.6) is 0 Å². The molecule has 2 fully saturated rings. The number of imide groups is 1. The van der Waals surface area contributed by atoms with Crippen molar-refractivity contribution in [2.45, 2.75) is 38.2 Å². The Morgan fingerprint density at radius 1 is 1.11 bits per heavy atom. The lowest BCUT2D eigenvalue weighted by Crippen LogP contribution is -2.40. The molecule has 0 radical (unpaired) electrons. The molecule has 2 amide bonds. The van der Waals surface area contributed by atoms with E-state index in [0.29, 0.717) is 5.06 Å². The zero-order valence-corrected chi connectivity index (χ0v) is 10.5.